The number of carbonyl (C=O) groups is 1. The van der Waals surface area contributed by atoms with Gasteiger partial charge in [-0.3, -0.25) is 0 Å². The molecule has 0 fully saturated rings. The summed E-state index contributed by atoms with van der Waals surface area (Å²) in [7, 11) is 0. The van der Waals surface area contributed by atoms with Gasteiger partial charge in [0.05, 0.1) is 5.39 Å². The molecule has 106 valence electrons. The molecule has 0 spiro atoms. The fourth-order valence-electron chi connectivity index (χ4n) is 1.93. The lowest BCUT2D eigenvalue weighted by molar-refractivity contribution is 0.201. The van der Waals surface area contributed by atoms with Gasteiger partial charge in [0.1, 0.15) is 17.2 Å². The van der Waals surface area contributed by atoms with E-state index in [0.717, 1.165) is 12.8 Å². The van der Waals surface area contributed by atoms with Crippen molar-refractivity contribution in [1.29, 1.82) is 0 Å². The number of phenolic OH excluding ortho intramolecular Hbond substituents is 2. The third kappa shape index (κ3) is 2.93. The maximum absolute atomic E-state index is 11.6. The number of nitrogens with one attached hydrogen (secondary N) is 1. The largest absolute Gasteiger partial charge is 0.507 e. The number of benzene rings is 2. The average molecular weight is 275 g/mol. The normalized spacial score (nSPS) is 10.4. The van der Waals surface area contributed by atoms with Crippen LogP contribution in [0, 0.1) is 0 Å². The van der Waals surface area contributed by atoms with Gasteiger partial charge in [0.25, 0.3) is 0 Å². The second kappa shape index (κ2) is 6.14. The van der Waals surface area contributed by atoms with Gasteiger partial charge in [0.15, 0.2) is 0 Å². The molecule has 2 aromatic rings. The second-order valence-electron chi connectivity index (χ2n) is 4.45. The van der Waals surface area contributed by atoms with Crippen LogP contribution < -0.4 is 10.1 Å². The van der Waals surface area contributed by atoms with E-state index in [9.17, 15) is 15.0 Å². The van der Waals surface area contributed by atoms with Gasteiger partial charge in [-0.15, -0.1) is 0 Å². The summed E-state index contributed by atoms with van der Waals surface area (Å²) in [5.41, 5.74) is 0. The molecular formula is C15H17NO4. The van der Waals surface area contributed by atoms with Crippen molar-refractivity contribution in [2.75, 3.05) is 6.54 Å². The highest BCUT2D eigenvalue weighted by atomic mass is 16.6. The Morgan fingerprint density at radius 1 is 1.20 bits per heavy atom. The maximum Gasteiger partial charge on any atom is 0.412 e. The van der Waals surface area contributed by atoms with Crippen LogP contribution in [0.25, 0.3) is 10.8 Å². The van der Waals surface area contributed by atoms with Gasteiger partial charge in [0, 0.05) is 11.9 Å². The Labute approximate surface area is 116 Å². The Morgan fingerprint density at radius 2 is 1.95 bits per heavy atom. The summed E-state index contributed by atoms with van der Waals surface area (Å²) in [5, 5.41) is 22.9. The summed E-state index contributed by atoms with van der Waals surface area (Å²) in [4.78, 5) is 11.6. The number of carbonyl (C=O) groups excluding carboxylic acids is 1. The van der Waals surface area contributed by atoms with E-state index in [4.69, 9.17) is 4.74 Å². The van der Waals surface area contributed by atoms with Crippen LogP contribution in [0.1, 0.15) is 19.8 Å². The summed E-state index contributed by atoms with van der Waals surface area (Å²) >= 11 is 0. The predicted octanol–water partition coefficient (Wildman–Crippen LogP) is 3.14. The minimum Gasteiger partial charge on any atom is -0.507 e. The van der Waals surface area contributed by atoms with Crippen molar-refractivity contribution in [3.63, 3.8) is 0 Å². The summed E-state index contributed by atoms with van der Waals surface area (Å²) in [5.74, 6) is 0.177. The monoisotopic (exact) mass is 275 g/mol. The van der Waals surface area contributed by atoms with Crippen LogP contribution in [0.2, 0.25) is 0 Å². The van der Waals surface area contributed by atoms with E-state index < -0.39 is 6.09 Å². The van der Waals surface area contributed by atoms with Crippen LogP contribution in [-0.4, -0.2) is 22.9 Å². The maximum atomic E-state index is 11.6. The molecule has 0 unspecified atom stereocenters. The molecular weight excluding hydrogens is 258 g/mol. The van der Waals surface area contributed by atoms with E-state index >= 15 is 0 Å². The Bertz CT molecular complexity index is 616. The minimum absolute atomic E-state index is 0.0585. The number of fused-ring (bicyclic) bond motifs is 1. The zero-order valence-corrected chi connectivity index (χ0v) is 11.2. The minimum atomic E-state index is -0.547. The molecule has 1 amide bonds. The smallest absolute Gasteiger partial charge is 0.412 e. The standard InChI is InChI=1S/C15H17NO4/c1-2-3-9-16-15(19)20-13-8-7-12(18)14-10(13)5-4-6-11(14)17/h4-8,17-18H,2-3,9H2,1H3,(H,16,19). The first-order valence-corrected chi connectivity index (χ1v) is 6.52. The van der Waals surface area contributed by atoms with Gasteiger partial charge in [-0.2, -0.15) is 0 Å². The molecule has 0 radical (unpaired) electrons. The fourth-order valence-corrected chi connectivity index (χ4v) is 1.93. The van der Waals surface area contributed by atoms with Crippen molar-refractivity contribution in [1.82, 2.24) is 5.32 Å². The van der Waals surface area contributed by atoms with Gasteiger partial charge in [0.2, 0.25) is 0 Å². The number of hydrogen-bond acceptors (Lipinski definition) is 4. The van der Waals surface area contributed by atoms with Crippen molar-refractivity contribution in [3.05, 3.63) is 30.3 Å². The summed E-state index contributed by atoms with van der Waals surface area (Å²) in [6.45, 7) is 2.58. The zero-order valence-electron chi connectivity index (χ0n) is 11.2. The van der Waals surface area contributed by atoms with Gasteiger partial charge in [-0.05, 0) is 24.6 Å². The first-order chi connectivity index (χ1) is 9.63. The van der Waals surface area contributed by atoms with Gasteiger partial charge in [-0.25, -0.2) is 4.79 Å². The first-order valence-electron chi connectivity index (χ1n) is 6.52. The molecule has 0 aromatic heterocycles. The summed E-state index contributed by atoms with van der Waals surface area (Å²) in [6, 6.07) is 7.64. The summed E-state index contributed by atoms with van der Waals surface area (Å²) < 4.78 is 5.21. The molecule has 5 nitrogen and oxygen atoms in total. The third-order valence-corrected chi connectivity index (χ3v) is 2.96. The molecule has 2 rings (SSSR count). The number of rotatable bonds is 4. The molecule has 0 atom stereocenters. The molecule has 5 heteroatoms. The number of unbranched alkanes of at least 4 members (excludes halogenated alkanes) is 1. The lowest BCUT2D eigenvalue weighted by atomic mass is 10.1. The van der Waals surface area contributed by atoms with Crippen LogP contribution in [0.4, 0.5) is 4.79 Å². The van der Waals surface area contributed by atoms with Crippen molar-refractivity contribution in [3.8, 4) is 17.2 Å². The topological polar surface area (TPSA) is 78.8 Å². The lowest BCUT2D eigenvalue weighted by Gasteiger charge is -2.10. The molecule has 0 aliphatic heterocycles. The van der Waals surface area contributed by atoms with Crippen molar-refractivity contribution in [2.45, 2.75) is 19.8 Å². The molecule has 0 bridgehead atoms. The number of ether oxygens (including phenoxy) is 1. The quantitative estimate of drug-likeness (QED) is 0.749. The SMILES string of the molecule is CCCCNC(=O)Oc1ccc(O)c2c(O)cccc12. The van der Waals surface area contributed by atoms with E-state index in [2.05, 4.69) is 5.32 Å². The number of phenols is 2. The molecule has 20 heavy (non-hydrogen) atoms. The Morgan fingerprint density at radius 3 is 2.70 bits per heavy atom. The van der Waals surface area contributed by atoms with E-state index in [1.165, 1.54) is 18.2 Å². The van der Waals surface area contributed by atoms with Crippen molar-refractivity contribution in [2.24, 2.45) is 0 Å². The number of amides is 1. The molecule has 0 aliphatic carbocycles. The number of aromatic hydroxyl groups is 2. The highest BCUT2D eigenvalue weighted by Gasteiger charge is 2.12. The zero-order chi connectivity index (χ0) is 14.5. The average Bonchev–Trinajstić information content (AvgIpc) is 2.42. The second-order valence-corrected chi connectivity index (χ2v) is 4.45. The molecule has 0 saturated heterocycles. The van der Waals surface area contributed by atoms with E-state index in [1.54, 1.807) is 12.1 Å². The predicted molar refractivity (Wildman–Crippen MR) is 76.2 cm³/mol. The van der Waals surface area contributed by atoms with Gasteiger partial charge < -0.3 is 20.3 Å². The number of hydrogen-bond donors (Lipinski definition) is 3. The Hall–Kier alpha value is -2.43. The third-order valence-electron chi connectivity index (χ3n) is 2.96. The van der Waals surface area contributed by atoms with E-state index in [-0.39, 0.29) is 16.9 Å². The van der Waals surface area contributed by atoms with Crippen LogP contribution in [0.3, 0.4) is 0 Å². The molecule has 0 heterocycles. The van der Waals surface area contributed by atoms with Crippen molar-refractivity contribution >= 4 is 16.9 Å². The molecule has 2 aromatic carbocycles. The van der Waals surface area contributed by atoms with Crippen LogP contribution in [0.5, 0.6) is 17.2 Å². The van der Waals surface area contributed by atoms with Crippen LogP contribution >= 0.6 is 0 Å². The van der Waals surface area contributed by atoms with Crippen LogP contribution in [0.15, 0.2) is 30.3 Å². The molecule has 0 aliphatic rings. The van der Waals surface area contributed by atoms with Crippen LogP contribution in [-0.2, 0) is 0 Å². The highest BCUT2D eigenvalue weighted by Crippen LogP contribution is 2.37. The highest BCUT2D eigenvalue weighted by molar-refractivity contribution is 5.98. The molecule has 3 N–H and O–H groups in total. The Kier molecular flexibility index (Phi) is 4.30. The van der Waals surface area contributed by atoms with E-state index in [1.807, 2.05) is 6.92 Å². The van der Waals surface area contributed by atoms with E-state index in [0.29, 0.717) is 17.7 Å². The van der Waals surface area contributed by atoms with Gasteiger partial charge in [-0.1, -0.05) is 25.5 Å². The van der Waals surface area contributed by atoms with Gasteiger partial charge >= 0.3 is 6.09 Å². The fraction of sp³-hybridized carbons (Fsp3) is 0.267. The Balaban J connectivity index is 2.25. The molecule has 0 saturated carbocycles. The van der Waals surface area contributed by atoms with Crippen molar-refractivity contribution < 1.29 is 19.7 Å². The lowest BCUT2D eigenvalue weighted by Crippen LogP contribution is -2.27. The summed E-state index contributed by atoms with van der Waals surface area (Å²) in [6.07, 6.45) is 1.32. The first kappa shape index (κ1) is 14.0.